The third-order valence-corrected chi connectivity index (χ3v) is 1.83. The number of aromatic nitrogens is 2. The Morgan fingerprint density at radius 3 is 2.92 bits per heavy atom. The zero-order valence-electron chi connectivity index (χ0n) is 6.96. The second-order valence-electron chi connectivity index (χ2n) is 2.55. The molecule has 0 saturated carbocycles. The summed E-state index contributed by atoms with van der Waals surface area (Å²) < 4.78 is 1.75. The van der Waals surface area contributed by atoms with Crippen molar-refractivity contribution in [2.24, 2.45) is 0 Å². The number of hydrogen-bond acceptors (Lipinski definition) is 2. The Hall–Kier alpha value is -0.830. The maximum absolute atomic E-state index is 10.5. The van der Waals surface area contributed by atoms with E-state index in [1.807, 2.05) is 0 Å². The first kappa shape index (κ1) is 9.26. The molecule has 1 rings (SSSR count). The number of carbonyl (C=O) groups is 1. The molecule has 0 aliphatic heterocycles. The lowest BCUT2D eigenvalue weighted by Crippen LogP contribution is -1.97. The van der Waals surface area contributed by atoms with Crippen LogP contribution in [-0.2, 0) is 12.4 Å². The molecule has 4 heteroatoms. The molecule has 0 unspecified atom stereocenters. The molecule has 0 amide bonds. The minimum Gasteiger partial charge on any atom is -0.298 e. The first-order chi connectivity index (χ1) is 5.81. The highest BCUT2D eigenvalue weighted by molar-refractivity contribution is 6.17. The van der Waals surface area contributed by atoms with Gasteiger partial charge >= 0.3 is 0 Å². The molecular formula is C8H11ClN2O. The predicted molar refractivity (Wildman–Crippen MR) is 47.5 cm³/mol. The van der Waals surface area contributed by atoms with Crippen LogP contribution in [0.25, 0.3) is 0 Å². The topological polar surface area (TPSA) is 34.9 Å². The summed E-state index contributed by atoms with van der Waals surface area (Å²) in [6.45, 7) is 2.89. The Bertz CT molecular complexity index is 270. The van der Waals surface area contributed by atoms with E-state index < -0.39 is 0 Å². The molecule has 0 aromatic carbocycles. The highest BCUT2D eigenvalue weighted by Crippen LogP contribution is 2.07. The van der Waals surface area contributed by atoms with Crippen LogP contribution in [0.3, 0.4) is 0 Å². The van der Waals surface area contributed by atoms with Crippen LogP contribution in [0.1, 0.15) is 29.4 Å². The quantitative estimate of drug-likeness (QED) is 0.531. The normalized spacial score (nSPS) is 10.2. The van der Waals surface area contributed by atoms with Crippen LogP contribution in [0.4, 0.5) is 0 Å². The van der Waals surface area contributed by atoms with Gasteiger partial charge in [-0.05, 0) is 6.42 Å². The summed E-state index contributed by atoms with van der Waals surface area (Å²) in [5.41, 5.74) is 1.26. The summed E-state index contributed by atoms with van der Waals surface area (Å²) >= 11 is 5.59. The second-order valence-corrected chi connectivity index (χ2v) is 2.81. The summed E-state index contributed by atoms with van der Waals surface area (Å²) in [6, 6.07) is 0. The van der Waals surface area contributed by atoms with Gasteiger partial charge in [0.05, 0.1) is 17.1 Å². The largest absolute Gasteiger partial charge is 0.298 e. The SMILES string of the molecule is CCCn1cc(C=O)c(CCl)n1. The zero-order valence-corrected chi connectivity index (χ0v) is 7.71. The number of rotatable bonds is 4. The monoisotopic (exact) mass is 186 g/mol. The summed E-state index contributed by atoms with van der Waals surface area (Å²) in [5.74, 6) is 0.296. The van der Waals surface area contributed by atoms with Crippen LogP contribution in [0.2, 0.25) is 0 Å². The zero-order chi connectivity index (χ0) is 8.97. The number of aldehydes is 1. The van der Waals surface area contributed by atoms with Crippen molar-refractivity contribution in [3.05, 3.63) is 17.5 Å². The van der Waals surface area contributed by atoms with Gasteiger partial charge in [-0.25, -0.2) is 0 Å². The van der Waals surface area contributed by atoms with Crippen molar-refractivity contribution in [1.29, 1.82) is 0 Å². The van der Waals surface area contributed by atoms with E-state index in [0.29, 0.717) is 17.1 Å². The van der Waals surface area contributed by atoms with Crippen LogP contribution in [0, 0.1) is 0 Å². The van der Waals surface area contributed by atoms with Gasteiger partial charge in [-0.3, -0.25) is 9.48 Å². The third-order valence-electron chi connectivity index (χ3n) is 1.58. The molecule has 1 heterocycles. The van der Waals surface area contributed by atoms with E-state index >= 15 is 0 Å². The van der Waals surface area contributed by atoms with Crippen molar-refractivity contribution in [2.45, 2.75) is 25.8 Å². The second kappa shape index (κ2) is 4.26. The number of carbonyl (C=O) groups excluding carboxylic acids is 1. The third kappa shape index (κ3) is 1.85. The maximum Gasteiger partial charge on any atom is 0.153 e. The van der Waals surface area contributed by atoms with Crippen molar-refractivity contribution in [2.75, 3.05) is 0 Å². The van der Waals surface area contributed by atoms with Crippen molar-refractivity contribution in [3.8, 4) is 0 Å². The molecule has 0 atom stereocenters. The van der Waals surface area contributed by atoms with E-state index in [-0.39, 0.29) is 0 Å². The number of aryl methyl sites for hydroxylation is 1. The predicted octanol–water partition coefficient (Wildman–Crippen LogP) is 1.84. The highest BCUT2D eigenvalue weighted by Gasteiger charge is 2.05. The van der Waals surface area contributed by atoms with Gasteiger partial charge in [0.2, 0.25) is 0 Å². The van der Waals surface area contributed by atoms with Gasteiger partial charge in [0, 0.05) is 12.7 Å². The van der Waals surface area contributed by atoms with E-state index in [1.165, 1.54) is 0 Å². The average Bonchev–Trinajstić information content (AvgIpc) is 2.48. The summed E-state index contributed by atoms with van der Waals surface area (Å²) in [5, 5.41) is 4.14. The summed E-state index contributed by atoms with van der Waals surface area (Å²) in [6.07, 6.45) is 3.52. The molecular weight excluding hydrogens is 176 g/mol. The molecule has 0 aliphatic rings. The lowest BCUT2D eigenvalue weighted by atomic mass is 10.3. The van der Waals surface area contributed by atoms with Gasteiger partial charge in [-0.15, -0.1) is 11.6 Å². The Labute approximate surface area is 76.3 Å². The van der Waals surface area contributed by atoms with Gasteiger partial charge in [-0.2, -0.15) is 5.10 Å². The van der Waals surface area contributed by atoms with Gasteiger partial charge < -0.3 is 0 Å². The first-order valence-corrected chi connectivity index (χ1v) is 4.42. The fraction of sp³-hybridized carbons (Fsp3) is 0.500. The maximum atomic E-state index is 10.5. The molecule has 0 saturated heterocycles. The Kier molecular flexibility index (Phi) is 3.29. The van der Waals surface area contributed by atoms with Crippen LogP contribution in [0.5, 0.6) is 0 Å². The van der Waals surface area contributed by atoms with Crippen molar-refractivity contribution < 1.29 is 4.79 Å². The molecule has 0 aliphatic carbocycles. The number of alkyl halides is 1. The van der Waals surface area contributed by atoms with E-state index in [1.54, 1.807) is 10.9 Å². The van der Waals surface area contributed by atoms with Crippen molar-refractivity contribution >= 4 is 17.9 Å². The first-order valence-electron chi connectivity index (χ1n) is 3.89. The molecule has 3 nitrogen and oxygen atoms in total. The minimum absolute atomic E-state index is 0.296. The molecule has 1 aromatic heterocycles. The molecule has 0 bridgehead atoms. The number of halogens is 1. The number of hydrogen-bond donors (Lipinski definition) is 0. The van der Waals surface area contributed by atoms with Gasteiger partial charge in [0.1, 0.15) is 0 Å². The number of nitrogens with zero attached hydrogens (tertiary/aromatic N) is 2. The summed E-state index contributed by atoms with van der Waals surface area (Å²) in [4.78, 5) is 10.5. The minimum atomic E-state index is 0.296. The lowest BCUT2D eigenvalue weighted by Gasteiger charge is -1.94. The summed E-state index contributed by atoms with van der Waals surface area (Å²) in [7, 11) is 0. The fourth-order valence-corrected chi connectivity index (χ4v) is 1.23. The molecule has 0 radical (unpaired) electrons. The average molecular weight is 187 g/mol. The highest BCUT2D eigenvalue weighted by atomic mass is 35.5. The Morgan fingerprint density at radius 1 is 1.75 bits per heavy atom. The van der Waals surface area contributed by atoms with Gasteiger partial charge in [0.25, 0.3) is 0 Å². The smallest absolute Gasteiger partial charge is 0.153 e. The molecule has 12 heavy (non-hydrogen) atoms. The Morgan fingerprint density at radius 2 is 2.50 bits per heavy atom. The van der Waals surface area contributed by atoms with E-state index in [0.717, 1.165) is 19.3 Å². The van der Waals surface area contributed by atoms with E-state index in [9.17, 15) is 4.79 Å². The molecule has 0 N–H and O–H groups in total. The molecule has 1 aromatic rings. The van der Waals surface area contributed by atoms with Gasteiger partial charge in [-0.1, -0.05) is 6.92 Å². The van der Waals surface area contributed by atoms with E-state index in [4.69, 9.17) is 11.6 Å². The molecule has 0 fully saturated rings. The standard InChI is InChI=1S/C8H11ClN2O/c1-2-3-11-5-7(6-12)8(4-9)10-11/h5-6H,2-4H2,1H3. The molecule has 0 spiro atoms. The van der Waals surface area contributed by atoms with Crippen molar-refractivity contribution in [3.63, 3.8) is 0 Å². The van der Waals surface area contributed by atoms with Crippen LogP contribution < -0.4 is 0 Å². The van der Waals surface area contributed by atoms with E-state index in [2.05, 4.69) is 12.0 Å². The Balaban J connectivity index is 2.88. The van der Waals surface area contributed by atoms with Crippen LogP contribution in [0.15, 0.2) is 6.20 Å². The van der Waals surface area contributed by atoms with Crippen LogP contribution in [-0.4, -0.2) is 16.1 Å². The van der Waals surface area contributed by atoms with Crippen LogP contribution >= 0.6 is 11.6 Å². The van der Waals surface area contributed by atoms with Gasteiger partial charge in [0.15, 0.2) is 6.29 Å². The fourth-order valence-electron chi connectivity index (χ4n) is 1.02. The molecule has 66 valence electrons. The lowest BCUT2D eigenvalue weighted by molar-refractivity contribution is 0.112. The van der Waals surface area contributed by atoms with Crippen molar-refractivity contribution in [1.82, 2.24) is 9.78 Å².